The van der Waals surface area contributed by atoms with Gasteiger partial charge in [0.2, 0.25) is 0 Å². The minimum Gasteiger partial charge on any atom is -0.396 e. The highest BCUT2D eigenvalue weighted by molar-refractivity contribution is 5.61. The van der Waals surface area contributed by atoms with Gasteiger partial charge >= 0.3 is 0 Å². The minimum absolute atomic E-state index is 0.204. The van der Waals surface area contributed by atoms with Crippen LogP contribution in [0.3, 0.4) is 0 Å². The summed E-state index contributed by atoms with van der Waals surface area (Å²) in [4.78, 5) is 4.20. The van der Waals surface area contributed by atoms with Gasteiger partial charge in [0.15, 0.2) is 0 Å². The van der Waals surface area contributed by atoms with Gasteiger partial charge in [-0.3, -0.25) is 9.67 Å². The van der Waals surface area contributed by atoms with E-state index in [4.69, 9.17) is 0 Å². The second kappa shape index (κ2) is 8.55. The molecule has 3 aromatic rings. The van der Waals surface area contributed by atoms with Crippen molar-refractivity contribution in [1.82, 2.24) is 20.1 Å². The Morgan fingerprint density at radius 2 is 2.00 bits per heavy atom. The van der Waals surface area contributed by atoms with Crippen molar-refractivity contribution >= 4 is 0 Å². The largest absolute Gasteiger partial charge is 0.396 e. The lowest BCUT2D eigenvalue weighted by Crippen LogP contribution is -2.21. The Morgan fingerprint density at radius 3 is 2.72 bits per heavy atom. The Morgan fingerprint density at radius 1 is 1.16 bits per heavy atom. The molecule has 0 amide bonds. The van der Waals surface area contributed by atoms with Crippen LogP contribution in [-0.2, 0) is 13.6 Å². The van der Waals surface area contributed by atoms with Gasteiger partial charge < -0.3 is 10.4 Å². The molecule has 5 heteroatoms. The van der Waals surface area contributed by atoms with Crippen LogP contribution in [0, 0.1) is 0 Å². The Balaban J connectivity index is 1.77. The van der Waals surface area contributed by atoms with Crippen LogP contribution < -0.4 is 5.32 Å². The van der Waals surface area contributed by atoms with Gasteiger partial charge in [-0.25, -0.2) is 0 Å². The predicted molar refractivity (Wildman–Crippen MR) is 98.8 cm³/mol. The van der Waals surface area contributed by atoms with Gasteiger partial charge in [-0.15, -0.1) is 0 Å². The number of benzene rings is 1. The number of nitrogens with zero attached hydrogens (tertiary/aromatic N) is 3. The third-order valence-corrected chi connectivity index (χ3v) is 4.23. The number of rotatable bonds is 8. The van der Waals surface area contributed by atoms with E-state index in [-0.39, 0.29) is 12.6 Å². The van der Waals surface area contributed by atoms with Gasteiger partial charge in [-0.05, 0) is 30.5 Å². The minimum atomic E-state index is 0.204. The normalized spacial score (nSPS) is 12.2. The molecule has 0 bridgehead atoms. The first-order valence-electron chi connectivity index (χ1n) is 8.60. The lowest BCUT2D eigenvalue weighted by molar-refractivity contribution is 0.275. The zero-order valence-electron chi connectivity index (χ0n) is 14.5. The molecular weight excluding hydrogens is 312 g/mol. The average molecular weight is 336 g/mol. The summed E-state index contributed by atoms with van der Waals surface area (Å²) in [6.07, 6.45) is 7.32. The first kappa shape index (κ1) is 17.3. The van der Waals surface area contributed by atoms with E-state index in [2.05, 4.69) is 27.5 Å². The van der Waals surface area contributed by atoms with Crippen LogP contribution in [0.15, 0.2) is 61.1 Å². The quantitative estimate of drug-likeness (QED) is 0.663. The van der Waals surface area contributed by atoms with E-state index in [0.717, 1.165) is 29.7 Å². The van der Waals surface area contributed by atoms with Crippen LogP contribution in [-0.4, -0.2) is 26.5 Å². The molecular formula is C20H24N4O. The maximum atomic E-state index is 9.20. The molecule has 0 saturated carbocycles. The standard InChI is InChI=1S/C20H24N4O/c1-24-15-18(20(23-24)17-9-5-11-21-13-17)14-22-19(10-6-12-25)16-7-3-2-4-8-16/h2-5,7-9,11,13,15,19,22,25H,6,10,12,14H2,1H3. The van der Waals surface area contributed by atoms with Crippen molar-refractivity contribution in [3.05, 3.63) is 72.2 Å². The first-order chi connectivity index (χ1) is 12.3. The molecule has 25 heavy (non-hydrogen) atoms. The number of aliphatic hydroxyl groups is 1. The number of aliphatic hydroxyl groups excluding tert-OH is 1. The van der Waals surface area contributed by atoms with E-state index >= 15 is 0 Å². The fourth-order valence-electron chi connectivity index (χ4n) is 3.01. The summed E-state index contributed by atoms with van der Waals surface area (Å²) in [5.74, 6) is 0. The molecule has 1 aromatic carbocycles. The topological polar surface area (TPSA) is 63.0 Å². The molecule has 1 atom stereocenters. The first-order valence-corrected chi connectivity index (χ1v) is 8.60. The maximum Gasteiger partial charge on any atom is 0.0983 e. The van der Waals surface area contributed by atoms with Crippen LogP contribution >= 0.6 is 0 Å². The maximum absolute atomic E-state index is 9.20. The molecule has 2 aromatic heterocycles. The van der Waals surface area contributed by atoms with Crippen molar-refractivity contribution < 1.29 is 5.11 Å². The van der Waals surface area contributed by atoms with Gasteiger partial charge in [0, 0.05) is 56.0 Å². The number of hydrogen-bond donors (Lipinski definition) is 2. The molecule has 2 heterocycles. The Labute approximate surface area is 148 Å². The van der Waals surface area contributed by atoms with E-state index in [1.54, 1.807) is 6.20 Å². The summed E-state index contributed by atoms with van der Waals surface area (Å²) < 4.78 is 1.84. The molecule has 0 aliphatic carbocycles. The van der Waals surface area contributed by atoms with Crippen LogP contribution in [0.1, 0.15) is 30.0 Å². The molecule has 0 fully saturated rings. The van der Waals surface area contributed by atoms with Crippen molar-refractivity contribution in [2.75, 3.05) is 6.61 Å². The van der Waals surface area contributed by atoms with Gasteiger partial charge in [0.05, 0.1) is 5.69 Å². The zero-order valence-corrected chi connectivity index (χ0v) is 14.5. The fraction of sp³-hybridized carbons (Fsp3) is 0.300. The highest BCUT2D eigenvalue weighted by atomic mass is 16.2. The summed E-state index contributed by atoms with van der Waals surface area (Å²) in [5, 5.41) is 17.4. The van der Waals surface area contributed by atoms with E-state index in [1.807, 2.05) is 54.5 Å². The number of aromatic nitrogens is 3. The van der Waals surface area contributed by atoms with E-state index in [9.17, 15) is 5.11 Å². The lowest BCUT2D eigenvalue weighted by Gasteiger charge is -2.19. The Bertz CT molecular complexity index is 771. The number of pyridine rings is 1. The predicted octanol–water partition coefficient (Wildman–Crippen LogP) is 3.09. The van der Waals surface area contributed by atoms with Crippen molar-refractivity contribution in [2.24, 2.45) is 7.05 Å². The van der Waals surface area contributed by atoms with Crippen LogP contribution in [0.4, 0.5) is 0 Å². The second-order valence-electron chi connectivity index (χ2n) is 6.13. The molecule has 0 aliphatic heterocycles. The molecule has 5 nitrogen and oxygen atoms in total. The highest BCUT2D eigenvalue weighted by Gasteiger charge is 2.14. The van der Waals surface area contributed by atoms with Crippen molar-refractivity contribution in [2.45, 2.75) is 25.4 Å². The van der Waals surface area contributed by atoms with Crippen LogP contribution in [0.5, 0.6) is 0 Å². The molecule has 2 N–H and O–H groups in total. The third kappa shape index (κ3) is 4.53. The summed E-state index contributed by atoms with van der Waals surface area (Å²) in [6, 6.07) is 14.5. The van der Waals surface area contributed by atoms with Gasteiger partial charge in [-0.1, -0.05) is 30.3 Å². The van der Waals surface area contributed by atoms with Gasteiger partial charge in [0.1, 0.15) is 0 Å². The van der Waals surface area contributed by atoms with Crippen molar-refractivity contribution in [1.29, 1.82) is 0 Å². The molecule has 1 unspecified atom stereocenters. The highest BCUT2D eigenvalue weighted by Crippen LogP contribution is 2.23. The second-order valence-corrected chi connectivity index (χ2v) is 6.13. The van der Waals surface area contributed by atoms with Gasteiger partial charge in [-0.2, -0.15) is 5.10 Å². The summed E-state index contributed by atoms with van der Waals surface area (Å²) in [7, 11) is 1.93. The number of nitrogens with one attached hydrogen (secondary N) is 1. The molecule has 0 saturated heterocycles. The fourth-order valence-corrected chi connectivity index (χ4v) is 3.01. The van der Waals surface area contributed by atoms with Crippen molar-refractivity contribution in [3.8, 4) is 11.3 Å². The summed E-state index contributed by atoms with van der Waals surface area (Å²) in [5.41, 5.74) is 4.35. The third-order valence-electron chi connectivity index (χ3n) is 4.23. The van der Waals surface area contributed by atoms with Gasteiger partial charge in [0.25, 0.3) is 0 Å². The van der Waals surface area contributed by atoms with E-state index < -0.39 is 0 Å². The monoisotopic (exact) mass is 336 g/mol. The Hall–Kier alpha value is -2.50. The molecule has 0 radical (unpaired) electrons. The lowest BCUT2D eigenvalue weighted by atomic mass is 10.0. The zero-order chi connectivity index (χ0) is 17.5. The van der Waals surface area contributed by atoms with Crippen LogP contribution in [0.2, 0.25) is 0 Å². The van der Waals surface area contributed by atoms with E-state index in [0.29, 0.717) is 6.54 Å². The number of aryl methyl sites for hydroxylation is 1. The molecule has 0 spiro atoms. The van der Waals surface area contributed by atoms with Crippen LogP contribution in [0.25, 0.3) is 11.3 Å². The smallest absolute Gasteiger partial charge is 0.0983 e. The SMILES string of the molecule is Cn1cc(CNC(CCCO)c2ccccc2)c(-c2cccnc2)n1. The molecule has 0 aliphatic rings. The van der Waals surface area contributed by atoms with Crippen molar-refractivity contribution in [3.63, 3.8) is 0 Å². The molecule has 130 valence electrons. The molecule has 3 rings (SSSR count). The summed E-state index contributed by atoms with van der Waals surface area (Å²) in [6.45, 7) is 0.919. The van der Waals surface area contributed by atoms with E-state index in [1.165, 1.54) is 5.56 Å². The average Bonchev–Trinajstić information content (AvgIpc) is 3.04. The number of hydrogen-bond acceptors (Lipinski definition) is 4. The summed E-state index contributed by atoms with van der Waals surface area (Å²) >= 11 is 0. The Kier molecular flexibility index (Phi) is 5.93.